The standard InChI is InChI=1S/C12H13N3O/c1-15-11-3-2-8(10(14)4-5-13)6-9(11)7-12(15)16/h2-3,6,10H,4,7,14H2,1H3. The van der Waals surface area contributed by atoms with Gasteiger partial charge in [-0.05, 0) is 17.2 Å². The van der Waals surface area contributed by atoms with E-state index in [1.807, 2.05) is 24.3 Å². The molecule has 1 aliphatic rings. The second-order valence-corrected chi connectivity index (χ2v) is 3.99. The van der Waals surface area contributed by atoms with Gasteiger partial charge in [0.25, 0.3) is 0 Å². The van der Waals surface area contributed by atoms with E-state index in [0.29, 0.717) is 12.8 Å². The second-order valence-electron chi connectivity index (χ2n) is 3.99. The van der Waals surface area contributed by atoms with Crippen LogP contribution in [0.25, 0.3) is 0 Å². The number of nitrogens with zero attached hydrogens (tertiary/aromatic N) is 2. The summed E-state index contributed by atoms with van der Waals surface area (Å²) in [5.74, 6) is 0.0982. The number of carbonyl (C=O) groups excluding carboxylic acids is 1. The molecule has 1 unspecified atom stereocenters. The monoisotopic (exact) mass is 215 g/mol. The predicted octanol–water partition coefficient (Wildman–Crippen LogP) is 1.12. The Labute approximate surface area is 94.3 Å². The zero-order chi connectivity index (χ0) is 11.7. The Bertz CT molecular complexity index is 476. The molecule has 2 rings (SSSR count). The lowest BCUT2D eigenvalue weighted by Crippen LogP contribution is -2.20. The molecular formula is C12H13N3O. The highest BCUT2D eigenvalue weighted by Gasteiger charge is 2.24. The van der Waals surface area contributed by atoms with Crippen LogP contribution < -0.4 is 10.6 Å². The number of benzene rings is 1. The molecule has 0 spiro atoms. The summed E-state index contributed by atoms with van der Waals surface area (Å²) in [6, 6.07) is 7.49. The average Bonchev–Trinajstić information content (AvgIpc) is 2.55. The maximum absolute atomic E-state index is 11.5. The Hall–Kier alpha value is -1.86. The lowest BCUT2D eigenvalue weighted by Gasteiger charge is -2.12. The SMILES string of the molecule is CN1C(=O)Cc2cc(C(N)CC#N)ccc21. The molecule has 1 aliphatic heterocycles. The van der Waals surface area contributed by atoms with Crippen molar-refractivity contribution in [1.82, 2.24) is 0 Å². The Kier molecular flexibility index (Phi) is 2.63. The van der Waals surface area contributed by atoms with E-state index in [4.69, 9.17) is 11.0 Å². The molecule has 4 nitrogen and oxygen atoms in total. The summed E-state index contributed by atoms with van der Waals surface area (Å²) in [5.41, 5.74) is 8.71. The van der Waals surface area contributed by atoms with E-state index in [-0.39, 0.29) is 11.9 Å². The van der Waals surface area contributed by atoms with Gasteiger partial charge in [-0.3, -0.25) is 4.79 Å². The average molecular weight is 215 g/mol. The molecule has 0 radical (unpaired) electrons. The lowest BCUT2D eigenvalue weighted by molar-refractivity contribution is -0.117. The van der Waals surface area contributed by atoms with Gasteiger partial charge in [0.1, 0.15) is 0 Å². The molecule has 0 fully saturated rings. The Morgan fingerprint density at radius 2 is 2.38 bits per heavy atom. The minimum Gasteiger partial charge on any atom is -0.323 e. The van der Waals surface area contributed by atoms with Crippen LogP contribution in [-0.2, 0) is 11.2 Å². The highest BCUT2D eigenvalue weighted by molar-refractivity contribution is 6.00. The molecule has 1 aromatic rings. The maximum atomic E-state index is 11.5. The third-order valence-corrected chi connectivity index (χ3v) is 2.92. The van der Waals surface area contributed by atoms with Gasteiger partial charge in [0, 0.05) is 18.8 Å². The quantitative estimate of drug-likeness (QED) is 0.803. The summed E-state index contributed by atoms with van der Waals surface area (Å²) < 4.78 is 0. The third-order valence-electron chi connectivity index (χ3n) is 2.92. The van der Waals surface area contributed by atoms with Gasteiger partial charge in [0.05, 0.1) is 18.9 Å². The zero-order valence-corrected chi connectivity index (χ0v) is 9.10. The number of nitriles is 1. The second kappa shape index (κ2) is 3.95. The van der Waals surface area contributed by atoms with E-state index < -0.39 is 0 Å². The fraction of sp³-hybridized carbons (Fsp3) is 0.333. The van der Waals surface area contributed by atoms with Crippen molar-refractivity contribution in [3.8, 4) is 6.07 Å². The Morgan fingerprint density at radius 3 is 3.06 bits per heavy atom. The molecule has 82 valence electrons. The van der Waals surface area contributed by atoms with Crippen molar-refractivity contribution >= 4 is 11.6 Å². The van der Waals surface area contributed by atoms with Crippen LogP contribution in [0.5, 0.6) is 0 Å². The van der Waals surface area contributed by atoms with Gasteiger partial charge in [-0.15, -0.1) is 0 Å². The molecule has 0 bridgehead atoms. The van der Waals surface area contributed by atoms with Crippen LogP contribution in [0.4, 0.5) is 5.69 Å². The van der Waals surface area contributed by atoms with E-state index in [0.717, 1.165) is 16.8 Å². The maximum Gasteiger partial charge on any atom is 0.231 e. The largest absolute Gasteiger partial charge is 0.323 e. The molecule has 2 N–H and O–H groups in total. The molecule has 1 aromatic carbocycles. The van der Waals surface area contributed by atoms with E-state index >= 15 is 0 Å². The Morgan fingerprint density at radius 1 is 1.62 bits per heavy atom. The van der Waals surface area contributed by atoms with E-state index in [1.165, 1.54) is 0 Å². The topological polar surface area (TPSA) is 70.1 Å². The molecule has 0 aromatic heterocycles. The van der Waals surface area contributed by atoms with Crippen molar-refractivity contribution in [2.75, 3.05) is 11.9 Å². The molecule has 16 heavy (non-hydrogen) atoms. The number of likely N-dealkylation sites (N-methyl/N-ethyl adjacent to an activating group) is 1. The molecule has 0 saturated carbocycles. The summed E-state index contributed by atoms with van der Waals surface area (Å²) in [6.07, 6.45) is 0.724. The van der Waals surface area contributed by atoms with Crippen molar-refractivity contribution in [2.45, 2.75) is 18.9 Å². The summed E-state index contributed by atoms with van der Waals surface area (Å²) in [7, 11) is 1.77. The first kappa shape index (κ1) is 10.7. The molecule has 1 amide bonds. The van der Waals surface area contributed by atoms with Crippen LogP contribution >= 0.6 is 0 Å². The summed E-state index contributed by atoms with van der Waals surface area (Å²) in [4.78, 5) is 13.1. The molecular weight excluding hydrogens is 202 g/mol. The molecule has 0 aliphatic carbocycles. The molecule has 1 atom stereocenters. The van der Waals surface area contributed by atoms with E-state index in [9.17, 15) is 4.79 Å². The van der Waals surface area contributed by atoms with Gasteiger partial charge in [-0.2, -0.15) is 5.26 Å². The third kappa shape index (κ3) is 1.66. The van der Waals surface area contributed by atoms with Gasteiger partial charge < -0.3 is 10.6 Å². The fourth-order valence-corrected chi connectivity index (χ4v) is 1.94. The van der Waals surface area contributed by atoms with Gasteiger partial charge in [0.2, 0.25) is 5.91 Å². The smallest absolute Gasteiger partial charge is 0.231 e. The Balaban J connectivity index is 2.32. The van der Waals surface area contributed by atoms with Gasteiger partial charge in [-0.1, -0.05) is 12.1 Å². The van der Waals surface area contributed by atoms with Crippen LogP contribution in [0, 0.1) is 11.3 Å². The van der Waals surface area contributed by atoms with Crippen LogP contribution in [-0.4, -0.2) is 13.0 Å². The van der Waals surface area contributed by atoms with Crippen LogP contribution in [0.3, 0.4) is 0 Å². The number of amides is 1. The van der Waals surface area contributed by atoms with Crippen molar-refractivity contribution in [1.29, 1.82) is 5.26 Å². The van der Waals surface area contributed by atoms with E-state index in [2.05, 4.69) is 0 Å². The summed E-state index contributed by atoms with van der Waals surface area (Å²) in [5, 5.41) is 8.58. The number of carbonyl (C=O) groups is 1. The highest BCUT2D eigenvalue weighted by Crippen LogP contribution is 2.30. The number of nitrogens with two attached hydrogens (primary N) is 1. The first-order valence-electron chi connectivity index (χ1n) is 5.15. The fourth-order valence-electron chi connectivity index (χ4n) is 1.94. The minimum absolute atomic E-state index is 0.0982. The normalized spacial score (nSPS) is 15.8. The first-order chi connectivity index (χ1) is 7.63. The zero-order valence-electron chi connectivity index (χ0n) is 9.10. The van der Waals surface area contributed by atoms with Crippen molar-refractivity contribution in [3.05, 3.63) is 29.3 Å². The first-order valence-corrected chi connectivity index (χ1v) is 5.15. The van der Waals surface area contributed by atoms with Gasteiger partial charge in [0.15, 0.2) is 0 Å². The van der Waals surface area contributed by atoms with Crippen LogP contribution in [0.1, 0.15) is 23.6 Å². The minimum atomic E-state index is -0.267. The van der Waals surface area contributed by atoms with E-state index in [1.54, 1.807) is 11.9 Å². The van der Waals surface area contributed by atoms with Crippen molar-refractivity contribution < 1.29 is 4.79 Å². The molecule has 1 heterocycles. The number of hydrogen-bond donors (Lipinski definition) is 1. The van der Waals surface area contributed by atoms with Crippen LogP contribution in [0.15, 0.2) is 18.2 Å². The summed E-state index contributed by atoms with van der Waals surface area (Å²) in [6.45, 7) is 0. The lowest BCUT2D eigenvalue weighted by atomic mass is 10.0. The number of fused-ring (bicyclic) bond motifs is 1. The number of hydrogen-bond acceptors (Lipinski definition) is 3. The van der Waals surface area contributed by atoms with Crippen molar-refractivity contribution in [3.63, 3.8) is 0 Å². The predicted molar refractivity (Wildman–Crippen MR) is 60.7 cm³/mol. The van der Waals surface area contributed by atoms with Gasteiger partial charge >= 0.3 is 0 Å². The van der Waals surface area contributed by atoms with Gasteiger partial charge in [-0.25, -0.2) is 0 Å². The van der Waals surface area contributed by atoms with Crippen molar-refractivity contribution in [2.24, 2.45) is 5.73 Å². The number of rotatable bonds is 2. The summed E-state index contributed by atoms with van der Waals surface area (Å²) >= 11 is 0. The molecule has 0 saturated heterocycles. The van der Waals surface area contributed by atoms with Crippen LogP contribution in [0.2, 0.25) is 0 Å². The number of anilines is 1. The molecule has 4 heteroatoms. The highest BCUT2D eigenvalue weighted by atomic mass is 16.2.